The SMILES string of the molecule is CC1(c2cc(O)cc(O)c2)CN=C(N)N1CC1CCCO1. The molecule has 6 nitrogen and oxygen atoms in total. The highest BCUT2D eigenvalue weighted by Crippen LogP contribution is 2.37. The van der Waals surface area contributed by atoms with Gasteiger partial charge in [0.1, 0.15) is 11.5 Å². The highest BCUT2D eigenvalue weighted by Gasteiger charge is 2.41. The van der Waals surface area contributed by atoms with Crippen LogP contribution in [0.3, 0.4) is 0 Å². The maximum Gasteiger partial charge on any atom is 0.192 e. The largest absolute Gasteiger partial charge is 0.508 e. The van der Waals surface area contributed by atoms with Crippen molar-refractivity contribution in [2.24, 2.45) is 10.7 Å². The molecule has 114 valence electrons. The van der Waals surface area contributed by atoms with E-state index >= 15 is 0 Å². The highest BCUT2D eigenvalue weighted by molar-refractivity contribution is 5.81. The first kappa shape index (κ1) is 14.0. The van der Waals surface area contributed by atoms with Gasteiger partial charge < -0.3 is 25.6 Å². The first-order valence-corrected chi connectivity index (χ1v) is 7.22. The van der Waals surface area contributed by atoms with Crippen LogP contribution in [0.25, 0.3) is 0 Å². The summed E-state index contributed by atoms with van der Waals surface area (Å²) in [6, 6.07) is 4.61. The Bertz CT molecular complexity index is 549. The Morgan fingerprint density at radius 2 is 2.10 bits per heavy atom. The molecule has 1 saturated heterocycles. The maximum atomic E-state index is 9.73. The van der Waals surface area contributed by atoms with Crippen molar-refractivity contribution >= 4 is 5.96 Å². The van der Waals surface area contributed by atoms with Crippen LogP contribution in [0.5, 0.6) is 11.5 Å². The van der Waals surface area contributed by atoms with Crippen LogP contribution >= 0.6 is 0 Å². The lowest BCUT2D eigenvalue weighted by molar-refractivity contribution is 0.0689. The number of ether oxygens (including phenoxy) is 1. The molecular weight excluding hydrogens is 270 g/mol. The monoisotopic (exact) mass is 291 g/mol. The molecule has 1 fully saturated rings. The summed E-state index contributed by atoms with van der Waals surface area (Å²) in [5.41, 5.74) is 6.36. The number of nitrogens with two attached hydrogens (primary N) is 1. The molecule has 1 aromatic rings. The van der Waals surface area contributed by atoms with Gasteiger partial charge in [-0.25, -0.2) is 0 Å². The molecule has 0 radical (unpaired) electrons. The van der Waals surface area contributed by atoms with Gasteiger partial charge in [-0.2, -0.15) is 0 Å². The van der Waals surface area contributed by atoms with E-state index in [1.807, 2.05) is 11.8 Å². The van der Waals surface area contributed by atoms with Crippen LogP contribution in [0.1, 0.15) is 25.3 Å². The molecule has 2 aliphatic rings. The Balaban J connectivity index is 1.90. The van der Waals surface area contributed by atoms with Gasteiger partial charge in [0.15, 0.2) is 5.96 Å². The van der Waals surface area contributed by atoms with Gasteiger partial charge in [-0.15, -0.1) is 0 Å². The van der Waals surface area contributed by atoms with Crippen LogP contribution < -0.4 is 5.73 Å². The quantitative estimate of drug-likeness (QED) is 0.776. The van der Waals surface area contributed by atoms with E-state index in [-0.39, 0.29) is 17.6 Å². The molecule has 0 bridgehead atoms. The zero-order valence-electron chi connectivity index (χ0n) is 12.1. The standard InChI is InChI=1S/C15H21N3O3/c1-15(10-5-11(19)7-12(20)6-10)9-17-14(16)18(15)8-13-3-2-4-21-13/h5-7,13,19-20H,2-4,8-9H2,1H3,(H2,16,17). The first-order chi connectivity index (χ1) is 9.99. The fraction of sp³-hybridized carbons (Fsp3) is 0.533. The van der Waals surface area contributed by atoms with Gasteiger partial charge in [0.25, 0.3) is 0 Å². The van der Waals surface area contributed by atoms with Crippen molar-refractivity contribution in [1.82, 2.24) is 4.90 Å². The Kier molecular flexibility index (Phi) is 3.41. The van der Waals surface area contributed by atoms with Gasteiger partial charge in [-0.05, 0) is 37.5 Å². The number of phenolic OH excluding ortho intramolecular Hbond substituents is 2. The number of rotatable bonds is 3. The molecule has 21 heavy (non-hydrogen) atoms. The molecule has 0 aromatic heterocycles. The Hall–Kier alpha value is -1.95. The Morgan fingerprint density at radius 3 is 2.71 bits per heavy atom. The van der Waals surface area contributed by atoms with Crippen LogP contribution in [-0.4, -0.2) is 46.9 Å². The summed E-state index contributed by atoms with van der Waals surface area (Å²) in [6.45, 7) is 3.97. The maximum absolute atomic E-state index is 9.73. The molecule has 1 aromatic carbocycles. The second-order valence-electron chi connectivity index (χ2n) is 5.93. The van der Waals surface area contributed by atoms with Gasteiger partial charge in [-0.1, -0.05) is 0 Å². The van der Waals surface area contributed by atoms with Crippen molar-refractivity contribution in [3.8, 4) is 11.5 Å². The molecule has 2 unspecified atom stereocenters. The van der Waals surface area contributed by atoms with E-state index in [0.29, 0.717) is 19.0 Å². The number of aliphatic imine (C=N–C) groups is 1. The van der Waals surface area contributed by atoms with E-state index in [0.717, 1.165) is 25.0 Å². The summed E-state index contributed by atoms with van der Waals surface area (Å²) in [5, 5.41) is 19.5. The normalized spacial score (nSPS) is 28.9. The summed E-state index contributed by atoms with van der Waals surface area (Å²) >= 11 is 0. The third kappa shape index (κ3) is 2.51. The number of phenols is 2. The molecule has 2 atom stereocenters. The van der Waals surface area contributed by atoms with Crippen LogP contribution in [0.15, 0.2) is 23.2 Å². The lowest BCUT2D eigenvalue weighted by atomic mass is 9.90. The van der Waals surface area contributed by atoms with Crippen LogP contribution in [0.2, 0.25) is 0 Å². The summed E-state index contributed by atoms with van der Waals surface area (Å²) < 4.78 is 5.69. The van der Waals surface area contributed by atoms with E-state index in [2.05, 4.69) is 4.99 Å². The molecule has 6 heteroatoms. The number of nitrogens with zero attached hydrogens (tertiary/aromatic N) is 2. The molecule has 0 aliphatic carbocycles. The summed E-state index contributed by atoms with van der Waals surface area (Å²) in [5.74, 6) is 0.554. The molecular formula is C15H21N3O3. The van der Waals surface area contributed by atoms with Gasteiger partial charge in [0.2, 0.25) is 0 Å². The van der Waals surface area contributed by atoms with E-state index < -0.39 is 5.54 Å². The van der Waals surface area contributed by atoms with Gasteiger partial charge >= 0.3 is 0 Å². The third-order valence-corrected chi connectivity index (χ3v) is 4.36. The lowest BCUT2D eigenvalue weighted by Crippen LogP contribution is -2.50. The number of guanidine groups is 1. The number of benzene rings is 1. The zero-order chi connectivity index (χ0) is 15.0. The fourth-order valence-corrected chi connectivity index (χ4v) is 3.10. The van der Waals surface area contributed by atoms with Gasteiger partial charge in [0, 0.05) is 19.2 Å². The second-order valence-corrected chi connectivity index (χ2v) is 5.93. The van der Waals surface area contributed by atoms with Gasteiger partial charge in [0.05, 0.1) is 18.2 Å². The third-order valence-electron chi connectivity index (χ3n) is 4.36. The van der Waals surface area contributed by atoms with Crippen molar-refractivity contribution in [2.45, 2.75) is 31.4 Å². The molecule has 3 rings (SSSR count). The first-order valence-electron chi connectivity index (χ1n) is 7.22. The Morgan fingerprint density at radius 1 is 1.38 bits per heavy atom. The average molecular weight is 291 g/mol. The molecule has 2 heterocycles. The zero-order valence-corrected chi connectivity index (χ0v) is 12.1. The molecule has 0 spiro atoms. The summed E-state index contributed by atoms with van der Waals surface area (Å²) in [6.07, 6.45) is 2.24. The fourth-order valence-electron chi connectivity index (χ4n) is 3.10. The van der Waals surface area contributed by atoms with Crippen LogP contribution in [0.4, 0.5) is 0 Å². The van der Waals surface area contributed by atoms with Crippen LogP contribution in [0, 0.1) is 0 Å². The minimum absolute atomic E-state index is 0.0359. The predicted octanol–water partition coefficient (Wildman–Crippen LogP) is 1.12. The van der Waals surface area contributed by atoms with E-state index in [1.54, 1.807) is 12.1 Å². The smallest absolute Gasteiger partial charge is 0.192 e. The van der Waals surface area contributed by atoms with Crippen molar-refractivity contribution < 1.29 is 14.9 Å². The number of hydrogen-bond donors (Lipinski definition) is 3. The van der Waals surface area contributed by atoms with Gasteiger partial charge in [-0.3, -0.25) is 4.99 Å². The summed E-state index contributed by atoms with van der Waals surface area (Å²) in [4.78, 5) is 6.36. The number of aromatic hydroxyl groups is 2. The van der Waals surface area contributed by atoms with E-state index in [9.17, 15) is 10.2 Å². The van der Waals surface area contributed by atoms with Crippen molar-refractivity contribution in [3.63, 3.8) is 0 Å². The topological polar surface area (TPSA) is 91.3 Å². The summed E-state index contributed by atoms with van der Waals surface area (Å²) in [7, 11) is 0. The predicted molar refractivity (Wildman–Crippen MR) is 79.3 cm³/mol. The van der Waals surface area contributed by atoms with Crippen molar-refractivity contribution in [1.29, 1.82) is 0 Å². The average Bonchev–Trinajstić information content (AvgIpc) is 3.02. The van der Waals surface area contributed by atoms with E-state index in [4.69, 9.17) is 10.5 Å². The molecule has 0 saturated carbocycles. The second kappa shape index (κ2) is 5.11. The lowest BCUT2D eigenvalue weighted by Gasteiger charge is -2.38. The molecule has 4 N–H and O–H groups in total. The number of hydrogen-bond acceptors (Lipinski definition) is 6. The van der Waals surface area contributed by atoms with Crippen molar-refractivity contribution in [2.75, 3.05) is 19.7 Å². The Labute approximate surface area is 123 Å². The van der Waals surface area contributed by atoms with Crippen molar-refractivity contribution in [3.05, 3.63) is 23.8 Å². The molecule has 0 amide bonds. The highest BCUT2D eigenvalue weighted by atomic mass is 16.5. The molecule has 2 aliphatic heterocycles. The van der Waals surface area contributed by atoms with Crippen LogP contribution in [-0.2, 0) is 10.3 Å². The minimum Gasteiger partial charge on any atom is -0.508 e. The van der Waals surface area contributed by atoms with E-state index in [1.165, 1.54) is 6.07 Å². The minimum atomic E-state index is -0.480.